The third-order valence-electron chi connectivity index (χ3n) is 7.09. The van der Waals surface area contributed by atoms with Crippen molar-refractivity contribution in [3.63, 3.8) is 0 Å². The Bertz CT molecular complexity index is 1060. The third-order valence-corrected chi connectivity index (χ3v) is 7.09. The molecule has 2 amide bonds. The van der Waals surface area contributed by atoms with Gasteiger partial charge >= 0.3 is 11.7 Å². The fourth-order valence-electron chi connectivity index (χ4n) is 5.22. The van der Waals surface area contributed by atoms with Crippen LogP contribution >= 0.6 is 0 Å². The van der Waals surface area contributed by atoms with Crippen molar-refractivity contribution in [2.75, 3.05) is 31.5 Å². The van der Waals surface area contributed by atoms with Crippen LogP contribution in [0.15, 0.2) is 35.3 Å². The van der Waals surface area contributed by atoms with Gasteiger partial charge in [0, 0.05) is 50.5 Å². The highest BCUT2D eigenvalue weighted by atomic mass is 16.2. The van der Waals surface area contributed by atoms with Crippen molar-refractivity contribution in [1.29, 1.82) is 0 Å². The summed E-state index contributed by atoms with van der Waals surface area (Å²) in [5, 5.41) is 9.77. The van der Waals surface area contributed by atoms with Crippen LogP contribution in [0, 0.1) is 0 Å². The lowest BCUT2D eigenvalue weighted by molar-refractivity contribution is 0.204. The van der Waals surface area contributed by atoms with Crippen molar-refractivity contribution in [3.8, 4) is 5.69 Å². The van der Waals surface area contributed by atoms with E-state index < -0.39 is 5.69 Å². The molecule has 33 heavy (non-hydrogen) atoms. The number of aromatic nitrogens is 2. The smallest absolute Gasteiger partial charge is 0.328 e. The van der Waals surface area contributed by atoms with Gasteiger partial charge in [-0.25, -0.2) is 9.59 Å². The summed E-state index contributed by atoms with van der Waals surface area (Å²) in [6.07, 6.45) is 8.16. The maximum absolute atomic E-state index is 12.7. The zero-order chi connectivity index (χ0) is 22.8. The van der Waals surface area contributed by atoms with Crippen molar-refractivity contribution < 1.29 is 4.79 Å². The first-order valence-electron chi connectivity index (χ1n) is 12.1. The summed E-state index contributed by atoms with van der Waals surface area (Å²) in [5.74, 6) is 0.275. The molecule has 9 heteroatoms. The van der Waals surface area contributed by atoms with Gasteiger partial charge in [0.15, 0.2) is 0 Å². The largest absolute Gasteiger partial charge is 0.354 e. The molecule has 3 aliphatic rings. The molecule has 1 saturated heterocycles. The van der Waals surface area contributed by atoms with Crippen molar-refractivity contribution >= 4 is 11.8 Å². The van der Waals surface area contributed by atoms with Gasteiger partial charge in [0.2, 0.25) is 0 Å². The van der Waals surface area contributed by atoms with Gasteiger partial charge in [0.1, 0.15) is 5.82 Å². The van der Waals surface area contributed by atoms with Crippen LogP contribution in [-0.2, 0) is 12.8 Å². The fraction of sp³-hybridized carbons (Fsp3) is 0.542. The van der Waals surface area contributed by atoms with E-state index in [4.69, 9.17) is 5.73 Å². The molecule has 0 spiro atoms. The second-order valence-corrected chi connectivity index (χ2v) is 9.47. The van der Waals surface area contributed by atoms with Gasteiger partial charge in [0.25, 0.3) is 0 Å². The van der Waals surface area contributed by atoms with Crippen LogP contribution in [0.2, 0.25) is 0 Å². The average Bonchev–Trinajstić information content (AvgIpc) is 3.23. The first kappa shape index (κ1) is 22.1. The maximum Gasteiger partial charge on any atom is 0.354 e. The van der Waals surface area contributed by atoms with Gasteiger partial charge in [-0.1, -0.05) is 6.07 Å². The van der Waals surface area contributed by atoms with E-state index in [0.29, 0.717) is 31.2 Å². The number of nitrogens with zero attached hydrogens (tertiary/aromatic N) is 3. The molecule has 1 aliphatic heterocycles. The lowest BCUT2D eigenvalue weighted by Gasteiger charge is -2.29. The van der Waals surface area contributed by atoms with E-state index in [1.54, 1.807) is 17.2 Å². The van der Waals surface area contributed by atoms with Crippen LogP contribution in [0.25, 0.3) is 5.69 Å². The number of rotatable bonds is 4. The van der Waals surface area contributed by atoms with E-state index in [1.807, 2.05) is 6.07 Å². The summed E-state index contributed by atoms with van der Waals surface area (Å²) in [4.78, 5) is 30.9. The Hall–Kier alpha value is -2.75. The summed E-state index contributed by atoms with van der Waals surface area (Å²) in [6.45, 7) is 2.82. The summed E-state index contributed by atoms with van der Waals surface area (Å²) in [6, 6.07) is 8.99. The van der Waals surface area contributed by atoms with Crippen molar-refractivity contribution in [1.82, 2.24) is 25.1 Å². The first-order valence-corrected chi connectivity index (χ1v) is 12.1. The Kier molecular flexibility index (Phi) is 6.43. The molecule has 2 aliphatic carbocycles. The van der Waals surface area contributed by atoms with E-state index in [2.05, 4.69) is 33.1 Å². The van der Waals surface area contributed by atoms with Crippen molar-refractivity contribution in [2.45, 2.75) is 56.7 Å². The molecule has 1 atom stereocenters. The van der Waals surface area contributed by atoms with Gasteiger partial charge < -0.3 is 21.3 Å². The van der Waals surface area contributed by atoms with E-state index in [-0.39, 0.29) is 11.8 Å². The van der Waals surface area contributed by atoms with Gasteiger partial charge in [0.05, 0.1) is 5.69 Å². The molecule has 1 aromatic carbocycles. The second-order valence-electron chi connectivity index (χ2n) is 9.47. The number of benzene rings is 1. The molecule has 0 radical (unpaired) electrons. The monoisotopic (exact) mass is 451 g/mol. The number of anilines is 1. The number of carbonyl (C=O) groups is 1. The summed E-state index contributed by atoms with van der Waals surface area (Å²) < 4.78 is 1.53. The van der Waals surface area contributed by atoms with Gasteiger partial charge in [-0.3, -0.25) is 9.88 Å². The lowest BCUT2D eigenvalue weighted by atomic mass is 9.91. The number of urea groups is 1. The second kappa shape index (κ2) is 9.62. The topological polar surface area (TPSA) is 117 Å². The van der Waals surface area contributed by atoms with Gasteiger partial charge in [-0.15, -0.1) is 0 Å². The fourth-order valence-corrected chi connectivity index (χ4v) is 5.22. The Morgan fingerprint density at radius 1 is 1.03 bits per heavy atom. The standard InChI is InChI=1S/C24H33N7O2/c25-18-2-4-19(5-3-18)27-20-13-16-1-6-21(15-17(16)14-20)31-10-7-22(29-24(31)33)28-23(32)30-11-8-26-9-12-30/h1,6-7,10,15,18-20,26-27H,2-5,8-9,11-14,25H2,(H,28,29,32,33)/t18-,19-,20?. The Morgan fingerprint density at radius 3 is 2.55 bits per heavy atom. The minimum atomic E-state index is -0.403. The van der Waals surface area contributed by atoms with Crippen LogP contribution in [-0.4, -0.2) is 64.8 Å². The molecule has 1 aromatic heterocycles. The van der Waals surface area contributed by atoms with Crippen molar-refractivity contribution in [3.05, 3.63) is 52.1 Å². The molecule has 9 nitrogen and oxygen atoms in total. The molecule has 2 aromatic rings. The van der Waals surface area contributed by atoms with Crippen molar-refractivity contribution in [2.24, 2.45) is 5.73 Å². The molecule has 5 rings (SSSR count). The molecule has 2 heterocycles. The molecular weight excluding hydrogens is 418 g/mol. The van der Waals surface area contributed by atoms with E-state index >= 15 is 0 Å². The van der Waals surface area contributed by atoms with E-state index in [1.165, 1.54) is 15.7 Å². The molecular formula is C24H33N7O2. The van der Waals surface area contributed by atoms with Crippen LogP contribution in [0.5, 0.6) is 0 Å². The highest BCUT2D eigenvalue weighted by molar-refractivity contribution is 5.88. The third kappa shape index (κ3) is 5.10. The predicted octanol–water partition coefficient (Wildman–Crippen LogP) is 0.996. The highest BCUT2D eigenvalue weighted by Gasteiger charge is 2.26. The summed E-state index contributed by atoms with van der Waals surface area (Å²) >= 11 is 0. The zero-order valence-electron chi connectivity index (χ0n) is 18.9. The van der Waals surface area contributed by atoms with Crippen LogP contribution in [0.1, 0.15) is 36.8 Å². The van der Waals surface area contributed by atoms with Crippen LogP contribution in [0.3, 0.4) is 0 Å². The quantitative estimate of drug-likeness (QED) is 0.551. The molecule has 176 valence electrons. The highest BCUT2D eigenvalue weighted by Crippen LogP contribution is 2.26. The predicted molar refractivity (Wildman–Crippen MR) is 128 cm³/mol. The van der Waals surface area contributed by atoms with Crippen LogP contribution < -0.4 is 27.4 Å². The molecule has 0 bridgehead atoms. The summed E-state index contributed by atoms with van der Waals surface area (Å²) in [5.41, 5.74) is 9.05. The maximum atomic E-state index is 12.7. The first-order chi connectivity index (χ1) is 16.0. The zero-order valence-corrected chi connectivity index (χ0v) is 18.9. The number of amides is 2. The number of carbonyl (C=O) groups excluding carboxylic acids is 1. The number of nitrogens with one attached hydrogen (secondary N) is 3. The SMILES string of the molecule is N[C@H]1CC[C@H](NC2Cc3ccc(-n4ccc(NC(=O)N5CCNCC5)nc4=O)cc3C2)CC1. The minimum absolute atomic E-state index is 0.225. The Labute approximate surface area is 193 Å². The van der Waals surface area contributed by atoms with Crippen LogP contribution in [0.4, 0.5) is 10.6 Å². The molecule has 2 fully saturated rings. The molecule has 5 N–H and O–H groups in total. The Morgan fingerprint density at radius 2 is 1.79 bits per heavy atom. The number of fused-ring (bicyclic) bond motifs is 1. The lowest BCUT2D eigenvalue weighted by Crippen LogP contribution is -2.48. The molecule has 1 unspecified atom stereocenters. The molecule has 1 saturated carbocycles. The Balaban J connectivity index is 1.23. The van der Waals surface area contributed by atoms with Gasteiger partial charge in [-0.05, 0) is 67.9 Å². The minimum Gasteiger partial charge on any atom is -0.328 e. The average molecular weight is 452 g/mol. The number of piperazine rings is 1. The number of hydrogen-bond acceptors (Lipinski definition) is 6. The number of nitrogens with two attached hydrogens (primary N) is 1. The van der Waals surface area contributed by atoms with Gasteiger partial charge in [-0.2, -0.15) is 4.98 Å². The normalized spacial score (nSPS) is 25.0. The number of hydrogen-bond donors (Lipinski definition) is 4. The van der Waals surface area contributed by atoms with E-state index in [9.17, 15) is 9.59 Å². The summed E-state index contributed by atoms with van der Waals surface area (Å²) in [7, 11) is 0. The van der Waals surface area contributed by atoms with E-state index in [0.717, 1.165) is 57.3 Å².